The van der Waals surface area contributed by atoms with Gasteiger partial charge in [0.15, 0.2) is 11.0 Å². The third-order valence-electron chi connectivity index (χ3n) is 5.09. The number of thioether (sulfide) groups is 1. The zero-order chi connectivity index (χ0) is 22.5. The Balaban J connectivity index is 1.38. The number of carbonyl (C=O) groups excluding carboxylic acids is 1. The molecule has 1 saturated heterocycles. The molecule has 10 heteroatoms. The van der Waals surface area contributed by atoms with E-state index in [0.717, 1.165) is 42.2 Å². The maximum Gasteiger partial charge on any atom is 0.234 e. The van der Waals surface area contributed by atoms with E-state index in [9.17, 15) is 9.90 Å². The second-order valence-electron chi connectivity index (χ2n) is 7.20. The van der Waals surface area contributed by atoms with E-state index >= 15 is 0 Å². The van der Waals surface area contributed by atoms with Crippen molar-refractivity contribution >= 4 is 45.0 Å². The Bertz CT molecular complexity index is 1080. The van der Waals surface area contributed by atoms with E-state index in [1.54, 1.807) is 18.2 Å². The van der Waals surface area contributed by atoms with E-state index in [-0.39, 0.29) is 17.4 Å². The molecule has 1 aromatic heterocycles. The summed E-state index contributed by atoms with van der Waals surface area (Å²) < 4.78 is 8.11. The minimum Gasteiger partial charge on any atom is -0.507 e. The molecule has 0 radical (unpaired) electrons. The molecule has 0 aliphatic carbocycles. The molecule has 1 fully saturated rings. The predicted octanol–water partition coefficient (Wildman–Crippen LogP) is 4.00. The number of phenolic OH excluding ortho intramolecular Hbond substituents is 1. The molecule has 8 nitrogen and oxygen atoms in total. The quantitative estimate of drug-likeness (QED) is 0.457. The predicted molar refractivity (Wildman–Crippen MR) is 129 cm³/mol. The highest BCUT2D eigenvalue weighted by Crippen LogP contribution is 2.32. The SMILES string of the molecule is CCn1c(SCC(=O)Nc2ccc(N3CCOCC3)cc2)nnc1-c1cc(Br)ccc1O. The Hall–Kier alpha value is -2.56. The Labute approximate surface area is 199 Å². The molecule has 2 heterocycles. The molecule has 2 aromatic carbocycles. The summed E-state index contributed by atoms with van der Waals surface area (Å²) >= 11 is 4.73. The topological polar surface area (TPSA) is 92.5 Å². The van der Waals surface area contributed by atoms with Gasteiger partial charge in [0.1, 0.15) is 5.75 Å². The summed E-state index contributed by atoms with van der Waals surface area (Å²) in [7, 11) is 0. The fourth-order valence-corrected chi connectivity index (χ4v) is 4.63. The highest BCUT2D eigenvalue weighted by molar-refractivity contribution is 9.10. The summed E-state index contributed by atoms with van der Waals surface area (Å²) in [5.74, 6) is 0.776. The van der Waals surface area contributed by atoms with Gasteiger partial charge in [-0.05, 0) is 49.4 Å². The van der Waals surface area contributed by atoms with Crippen LogP contribution in [-0.2, 0) is 16.1 Å². The number of morpholine rings is 1. The van der Waals surface area contributed by atoms with Crippen molar-refractivity contribution in [3.63, 3.8) is 0 Å². The lowest BCUT2D eigenvalue weighted by Crippen LogP contribution is -2.36. The summed E-state index contributed by atoms with van der Waals surface area (Å²) in [5.41, 5.74) is 2.47. The van der Waals surface area contributed by atoms with Crippen molar-refractivity contribution in [1.82, 2.24) is 14.8 Å². The monoisotopic (exact) mass is 517 g/mol. The standard InChI is InChI=1S/C22H24BrN5O3S/c1-2-28-21(18-13-15(23)3-8-19(18)29)25-26-22(28)32-14-20(30)24-16-4-6-17(7-5-16)27-9-11-31-12-10-27/h3-8,13,29H,2,9-12,14H2,1H3,(H,24,30). The van der Waals surface area contributed by atoms with Gasteiger partial charge in [-0.15, -0.1) is 10.2 Å². The van der Waals surface area contributed by atoms with Crippen molar-refractivity contribution in [3.8, 4) is 17.1 Å². The molecule has 2 N–H and O–H groups in total. The van der Waals surface area contributed by atoms with Gasteiger partial charge in [-0.25, -0.2) is 0 Å². The van der Waals surface area contributed by atoms with Crippen LogP contribution in [0.1, 0.15) is 6.92 Å². The fraction of sp³-hybridized carbons (Fsp3) is 0.318. The van der Waals surface area contributed by atoms with Gasteiger partial charge in [0.2, 0.25) is 5.91 Å². The molecule has 1 amide bonds. The average molecular weight is 518 g/mol. The number of phenols is 1. The van der Waals surface area contributed by atoms with Crippen molar-refractivity contribution in [2.24, 2.45) is 0 Å². The Morgan fingerprint density at radius 3 is 2.66 bits per heavy atom. The van der Waals surface area contributed by atoms with Crippen molar-refractivity contribution in [2.75, 3.05) is 42.3 Å². The van der Waals surface area contributed by atoms with Crippen molar-refractivity contribution < 1.29 is 14.6 Å². The van der Waals surface area contributed by atoms with Gasteiger partial charge >= 0.3 is 0 Å². The van der Waals surface area contributed by atoms with Gasteiger partial charge in [0, 0.05) is 35.5 Å². The smallest absolute Gasteiger partial charge is 0.234 e. The molecule has 1 aliphatic rings. The number of amides is 1. The van der Waals surface area contributed by atoms with Crippen LogP contribution < -0.4 is 10.2 Å². The van der Waals surface area contributed by atoms with Gasteiger partial charge in [-0.2, -0.15) is 0 Å². The summed E-state index contributed by atoms with van der Waals surface area (Å²) in [4.78, 5) is 14.8. The van der Waals surface area contributed by atoms with Crippen LogP contribution in [0.5, 0.6) is 5.75 Å². The first-order valence-electron chi connectivity index (χ1n) is 10.3. The summed E-state index contributed by atoms with van der Waals surface area (Å²) in [6, 6.07) is 13.0. The maximum absolute atomic E-state index is 12.5. The summed E-state index contributed by atoms with van der Waals surface area (Å²) in [6.07, 6.45) is 0. The molecule has 0 saturated carbocycles. The van der Waals surface area contributed by atoms with Crippen LogP contribution in [0.4, 0.5) is 11.4 Å². The largest absolute Gasteiger partial charge is 0.507 e. The third kappa shape index (κ3) is 5.25. The zero-order valence-electron chi connectivity index (χ0n) is 17.6. The van der Waals surface area contributed by atoms with E-state index in [1.807, 2.05) is 35.8 Å². The highest BCUT2D eigenvalue weighted by Gasteiger charge is 2.18. The molecule has 0 unspecified atom stereocenters. The minimum absolute atomic E-state index is 0.119. The van der Waals surface area contributed by atoms with Gasteiger partial charge in [-0.3, -0.25) is 4.79 Å². The number of carbonyl (C=O) groups is 1. The number of nitrogens with zero attached hydrogens (tertiary/aromatic N) is 4. The second-order valence-corrected chi connectivity index (χ2v) is 9.05. The Morgan fingerprint density at radius 1 is 1.19 bits per heavy atom. The number of aromatic nitrogens is 3. The molecule has 1 aliphatic heterocycles. The fourth-order valence-electron chi connectivity index (χ4n) is 3.47. The highest BCUT2D eigenvalue weighted by atomic mass is 79.9. The Morgan fingerprint density at radius 2 is 1.94 bits per heavy atom. The number of rotatable bonds is 7. The number of anilines is 2. The molecule has 32 heavy (non-hydrogen) atoms. The first-order valence-corrected chi connectivity index (χ1v) is 12.1. The average Bonchev–Trinajstić information content (AvgIpc) is 3.23. The first kappa shape index (κ1) is 22.6. The van der Waals surface area contributed by atoms with Gasteiger partial charge in [0.05, 0.1) is 24.5 Å². The van der Waals surface area contributed by atoms with Crippen LogP contribution in [0.2, 0.25) is 0 Å². The first-order chi connectivity index (χ1) is 15.5. The van der Waals surface area contributed by atoms with Crippen LogP contribution in [0.25, 0.3) is 11.4 Å². The van der Waals surface area contributed by atoms with Crippen molar-refractivity contribution in [2.45, 2.75) is 18.6 Å². The van der Waals surface area contributed by atoms with Crippen LogP contribution in [0.15, 0.2) is 52.1 Å². The van der Waals surface area contributed by atoms with E-state index in [4.69, 9.17) is 4.74 Å². The van der Waals surface area contributed by atoms with Crippen LogP contribution in [-0.4, -0.2) is 57.8 Å². The molecule has 0 spiro atoms. The number of nitrogens with one attached hydrogen (secondary N) is 1. The van der Waals surface area contributed by atoms with Gasteiger partial charge < -0.3 is 24.6 Å². The number of hydrogen-bond acceptors (Lipinski definition) is 7. The van der Waals surface area contributed by atoms with E-state index in [1.165, 1.54) is 11.8 Å². The van der Waals surface area contributed by atoms with Gasteiger partial charge in [0.25, 0.3) is 0 Å². The molecule has 168 valence electrons. The lowest BCUT2D eigenvalue weighted by molar-refractivity contribution is -0.113. The van der Waals surface area contributed by atoms with Crippen molar-refractivity contribution in [1.29, 1.82) is 0 Å². The molecule has 0 atom stereocenters. The van der Waals surface area contributed by atoms with Crippen molar-refractivity contribution in [3.05, 3.63) is 46.9 Å². The zero-order valence-corrected chi connectivity index (χ0v) is 20.0. The normalized spacial score (nSPS) is 13.9. The van der Waals surface area contributed by atoms with E-state index in [2.05, 4.69) is 36.3 Å². The molecular formula is C22H24BrN5O3S. The minimum atomic E-state index is -0.119. The number of ether oxygens (including phenoxy) is 1. The van der Waals surface area contributed by atoms with Crippen LogP contribution in [0, 0.1) is 0 Å². The number of hydrogen-bond donors (Lipinski definition) is 2. The molecular weight excluding hydrogens is 494 g/mol. The maximum atomic E-state index is 12.5. The molecule has 0 bridgehead atoms. The third-order valence-corrected chi connectivity index (χ3v) is 6.55. The van der Waals surface area contributed by atoms with Gasteiger partial charge in [-0.1, -0.05) is 27.7 Å². The second kappa shape index (κ2) is 10.4. The lowest BCUT2D eigenvalue weighted by atomic mass is 10.2. The lowest BCUT2D eigenvalue weighted by Gasteiger charge is -2.28. The summed E-state index contributed by atoms with van der Waals surface area (Å²) in [6.45, 7) is 5.81. The number of aromatic hydroxyl groups is 1. The Kier molecular flexibility index (Phi) is 7.33. The molecule has 4 rings (SSSR count). The van der Waals surface area contributed by atoms with E-state index < -0.39 is 0 Å². The molecule has 3 aromatic rings. The number of benzene rings is 2. The van der Waals surface area contributed by atoms with Crippen LogP contribution in [0.3, 0.4) is 0 Å². The number of halogens is 1. The summed E-state index contributed by atoms with van der Waals surface area (Å²) in [5, 5.41) is 22.2. The van der Waals surface area contributed by atoms with E-state index in [0.29, 0.717) is 23.1 Å². The van der Waals surface area contributed by atoms with Crippen LogP contribution >= 0.6 is 27.7 Å².